The number of nitro groups is 1. The minimum atomic E-state index is -0.560. The van der Waals surface area contributed by atoms with Gasteiger partial charge in [-0.2, -0.15) is 0 Å². The van der Waals surface area contributed by atoms with E-state index in [1.54, 1.807) is 5.38 Å². The van der Waals surface area contributed by atoms with Crippen LogP contribution >= 0.6 is 11.3 Å². The predicted molar refractivity (Wildman–Crippen MR) is 77.3 cm³/mol. The molecule has 1 atom stereocenters. The van der Waals surface area contributed by atoms with Gasteiger partial charge in [-0.25, -0.2) is 8.78 Å². The Balaban J connectivity index is 1.92. The van der Waals surface area contributed by atoms with Gasteiger partial charge in [0.15, 0.2) is 0 Å². The van der Waals surface area contributed by atoms with Gasteiger partial charge in [-0.05, 0) is 31.0 Å². The van der Waals surface area contributed by atoms with E-state index in [1.807, 2.05) is 6.92 Å². The van der Waals surface area contributed by atoms with Gasteiger partial charge in [-0.15, -0.1) is 0 Å². The molecule has 0 aliphatic carbocycles. The maximum Gasteiger partial charge on any atom is 0.324 e. The summed E-state index contributed by atoms with van der Waals surface area (Å²) in [6.45, 7) is 2.23. The fourth-order valence-corrected chi connectivity index (χ4v) is 2.68. The molecule has 0 aliphatic rings. The Morgan fingerprint density at radius 1 is 1.38 bits per heavy atom. The highest BCUT2D eigenvalue weighted by Gasteiger charge is 2.13. The zero-order valence-corrected chi connectivity index (χ0v) is 12.1. The summed E-state index contributed by atoms with van der Waals surface area (Å²) in [6, 6.07) is 5.13. The molecule has 2 rings (SSSR count). The second-order valence-electron chi connectivity index (χ2n) is 4.74. The van der Waals surface area contributed by atoms with Crippen molar-refractivity contribution in [2.75, 3.05) is 0 Å². The lowest BCUT2D eigenvalue weighted by Gasteiger charge is -2.14. The van der Waals surface area contributed by atoms with Crippen molar-refractivity contribution >= 4 is 16.3 Å². The molecule has 21 heavy (non-hydrogen) atoms. The highest BCUT2D eigenvalue weighted by molar-refractivity contribution is 7.13. The summed E-state index contributed by atoms with van der Waals surface area (Å²) in [5, 5.41) is 15.5. The summed E-state index contributed by atoms with van der Waals surface area (Å²) >= 11 is 1.06. The van der Waals surface area contributed by atoms with E-state index >= 15 is 0 Å². The number of hydrogen-bond acceptors (Lipinski definition) is 4. The van der Waals surface area contributed by atoms with E-state index in [2.05, 4.69) is 5.32 Å². The van der Waals surface area contributed by atoms with E-state index in [-0.39, 0.29) is 23.0 Å². The first kappa shape index (κ1) is 15.5. The lowest BCUT2D eigenvalue weighted by molar-refractivity contribution is -0.380. The van der Waals surface area contributed by atoms with Crippen LogP contribution in [0.4, 0.5) is 13.8 Å². The Labute approximate surface area is 124 Å². The molecule has 1 aromatic carbocycles. The van der Waals surface area contributed by atoms with E-state index in [0.29, 0.717) is 6.54 Å². The Hall–Kier alpha value is -1.86. The summed E-state index contributed by atoms with van der Waals surface area (Å²) in [5.41, 5.74) is 0.835. The normalized spacial score (nSPS) is 12.3. The molecule has 0 radical (unpaired) electrons. The monoisotopic (exact) mass is 312 g/mol. The van der Waals surface area contributed by atoms with Gasteiger partial charge >= 0.3 is 5.00 Å². The number of halogens is 2. The molecule has 1 aromatic heterocycles. The summed E-state index contributed by atoms with van der Waals surface area (Å²) in [5.74, 6) is -1.12. The van der Waals surface area contributed by atoms with Crippen LogP contribution in [0.25, 0.3) is 0 Å². The van der Waals surface area contributed by atoms with E-state index < -0.39 is 16.6 Å². The molecular formula is C14H14F2N2O2S. The van der Waals surface area contributed by atoms with Crippen LogP contribution in [0, 0.1) is 21.7 Å². The summed E-state index contributed by atoms with van der Waals surface area (Å²) in [4.78, 5) is 10.1. The second-order valence-corrected chi connectivity index (χ2v) is 5.63. The Bertz CT molecular complexity index is 625. The minimum absolute atomic E-state index is 0.0498. The van der Waals surface area contributed by atoms with E-state index in [1.165, 1.54) is 24.3 Å². The number of nitrogens with zero attached hydrogens (tertiary/aromatic N) is 1. The van der Waals surface area contributed by atoms with E-state index in [0.717, 1.165) is 16.9 Å². The first-order valence-corrected chi connectivity index (χ1v) is 7.23. The van der Waals surface area contributed by atoms with Gasteiger partial charge in [0, 0.05) is 29.6 Å². The molecule has 7 heteroatoms. The Morgan fingerprint density at radius 2 is 2.05 bits per heavy atom. The molecule has 0 aliphatic heterocycles. The zero-order chi connectivity index (χ0) is 15.4. The number of benzene rings is 1. The van der Waals surface area contributed by atoms with E-state index in [9.17, 15) is 18.9 Å². The van der Waals surface area contributed by atoms with Gasteiger partial charge in [0.05, 0.1) is 4.92 Å². The third-order valence-electron chi connectivity index (χ3n) is 3.05. The van der Waals surface area contributed by atoms with Gasteiger partial charge in [0.1, 0.15) is 11.6 Å². The molecule has 0 saturated heterocycles. The van der Waals surface area contributed by atoms with Crippen LogP contribution in [0.5, 0.6) is 0 Å². The van der Waals surface area contributed by atoms with Crippen LogP contribution in [0.1, 0.15) is 18.1 Å². The van der Waals surface area contributed by atoms with Gasteiger partial charge < -0.3 is 5.32 Å². The molecule has 1 heterocycles. The van der Waals surface area contributed by atoms with Crippen LogP contribution in [-0.2, 0) is 13.0 Å². The number of hydrogen-bond donors (Lipinski definition) is 1. The van der Waals surface area contributed by atoms with Crippen molar-refractivity contribution in [3.05, 3.63) is 62.5 Å². The summed E-state index contributed by atoms with van der Waals surface area (Å²) < 4.78 is 27.1. The average molecular weight is 312 g/mol. The maximum absolute atomic E-state index is 13.5. The molecule has 1 unspecified atom stereocenters. The van der Waals surface area contributed by atoms with Gasteiger partial charge in [-0.1, -0.05) is 17.4 Å². The number of thiophene rings is 1. The van der Waals surface area contributed by atoms with Gasteiger partial charge in [0.2, 0.25) is 0 Å². The SMILES string of the molecule is CC(Cc1c(F)cccc1F)NCc1csc([N+](=O)[O-])c1. The van der Waals surface area contributed by atoms with Crippen molar-refractivity contribution in [3.8, 4) is 0 Å². The first-order chi connectivity index (χ1) is 9.97. The van der Waals surface area contributed by atoms with Crippen molar-refractivity contribution in [2.24, 2.45) is 0 Å². The van der Waals surface area contributed by atoms with Crippen LogP contribution in [0.3, 0.4) is 0 Å². The first-order valence-electron chi connectivity index (χ1n) is 6.35. The number of rotatable bonds is 6. The molecule has 0 saturated carbocycles. The predicted octanol–water partition coefficient (Wildman–Crippen LogP) is 3.66. The van der Waals surface area contributed by atoms with Crippen LogP contribution in [0.15, 0.2) is 29.6 Å². The van der Waals surface area contributed by atoms with Gasteiger partial charge in [0.25, 0.3) is 0 Å². The topological polar surface area (TPSA) is 55.2 Å². The van der Waals surface area contributed by atoms with Crippen molar-refractivity contribution in [1.82, 2.24) is 5.32 Å². The lowest BCUT2D eigenvalue weighted by Crippen LogP contribution is -2.28. The molecule has 0 fully saturated rings. The molecule has 112 valence electrons. The van der Waals surface area contributed by atoms with Crippen molar-refractivity contribution < 1.29 is 13.7 Å². The summed E-state index contributed by atoms with van der Waals surface area (Å²) in [6.07, 6.45) is 0.213. The fourth-order valence-electron chi connectivity index (χ4n) is 1.95. The van der Waals surface area contributed by atoms with Crippen molar-refractivity contribution in [3.63, 3.8) is 0 Å². The summed E-state index contributed by atoms with van der Waals surface area (Å²) in [7, 11) is 0. The Morgan fingerprint density at radius 3 is 2.62 bits per heavy atom. The highest BCUT2D eigenvalue weighted by Crippen LogP contribution is 2.22. The molecule has 1 N–H and O–H groups in total. The fraction of sp³-hybridized carbons (Fsp3) is 0.286. The third-order valence-corrected chi connectivity index (χ3v) is 3.98. The highest BCUT2D eigenvalue weighted by atomic mass is 32.1. The van der Waals surface area contributed by atoms with E-state index in [4.69, 9.17) is 0 Å². The molecular weight excluding hydrogens is 298 g/mol. The second kappa shape index (κ2) is 6.73. The molecule has 2 aromatic rings. The molecule has 0 amide bonds. The number of nitrogens with one attached hydrogen (secondary N) is 1. The maximum atomic E-state index is 13.5. The largest absolute Gasteiger partial charge is 0.324 e. The quantitative estimate of drug-likeness (QED) is 0.654. The van der Waals surface area contributed by atoms with Crippen molar-refractivity contribution in [1.29, 1.82) is 0 Å². The lowest BCUT2D eigenvalue weighted by atomic mass is 10.1. The molecule has 4 nitrogen and oxygen atoms in total. The standard InChI is InChI=1S/C14H14F2N2O2S/c1-9(5-11-12(15)3-2-4-13(11)16)17-7-10-6-14(18(19)20)21-8-10/h2-4,6,8-9,17H,5,7H2,1H3. The average Bonchev–Trinajstić information content (AvgIpc) is 2.90. The zero-order valence-electron chi connectivity index (χ0n) is 11.3. The van der Waals surface area contributed by atoms with Crippen LogP contribution in [-0.4, -0.2) is 11.0 Å². The third kappa shape index (κ3) is 4.05. The van der Waals surface area contributed by atoms with Crippen LogP contribution in [0.2, 0.25) is 0 Å². The molecule has 0 spiro atoms. The minimum Gasteiger partial charge on any atom is -0.310 e. The smallest absolute Gasteiger partial charge is 0.310 e. The molecule has 0 bridgehead atoms. The van der Waals surface area contributed by atoms with Crippen molar-refractivity contribution in [2.45, 2.75) is 25.9 Å². The van der Waals surface area contributed by atoms with Crippen LogP contribution < -0.4 is 5.32 Å². The van der Waals surface area contributed by atoms with Gasteiger partial charge in [-0.3, -0.25) is 10.1 Å². The Kier molecular flexibility index (Phi) is 4.98.